The predicted molar refractivity (Wildman–Crippen MR) is 67.7 cm³/mol. The Morgan fingerprint density at radius 3 is 2.94 bits per heavy atom. The Morgan fingerprint density at radius 2 is 2.18 bits per heavy atom. The average Bonchev–Trinajstić information content (AvgIpc) is 2.79. The highest BCUT2D eigenvalue weighted by atomic mass is 32.2. The topological polar surface area (TPSA) is 59.2 Å². The molecule has 0 aliphatic heterocycles. The second kappa shape index (κ2) is 5.84. The zero-order valence-electron chi connectivity index (χ0n) is 9.59. The molecule has 0 saturated carbocycles. The van der Waals surface area contributed by atoms with Gasteiger partial charge in [-0.2, -0.15) is 4.98 Å². The number of thioether (sulfide) groups is 1. The summed E-state index contributed by atoms with van der Waals surface area (Å²) in [6, 6.07) is 7.94. The van der Waals surface area contributed by atoms with Crippen LogP contribution in [0, 0.1) is 6.92 Å². The van der Waals surface area contributed by atoms with Gasteiger partial charge in [0.15, 0.2) is 0 Å². The van der Waals surface area contributed by atoms with Gasteiger partial charge in [-0.1, -0.05) is 29.4 Å². The van der Waals surface area contributed by atoms with Gasteiger partial charge in [-0.25, -0.2) is 0 Å². The smallest absolute Gasteiger partial charge is 0.236 e. The molecule has 0 radical (unpaired) electrons. The van der Waals surface area contributed by atoms with E-state index in [0.717, 1.165) is 11.1 Å². The first-order valence-electron chi connectivity index (χ1n) is 5.38. The summed E-state index contributed by atoms with van der Waals surface area (Å²) >= 11 is 1.57. The van der Waals surface area contributed by atoms with E-state index in [1.807, 2.05) is 31.2 Å². The van der Waals surface area contributed by atoms with Crippen molar-refractivity contribution in [1.82, 2.24) is 10.1 Å². The SMILES string of the molecule is Cc1ccccc1-c1noc(CSCCO)n1. The molecule has 1 N–H and O–H groups in total. The summed E-state index contributed by atoms with van der Waals surface area (Å²) in [7, 11) is 0. The molecule has 0 spiro atoms. The molecule has 0 amide bonds. The Kier molecular flexibility index (Phi) is 4.17. The molecule has 1 aromatic heterocycles. The van der Waals surface area contributed by atoms with Gasteiger partial charge in [0.05, 0.1) is 12.4 Å². The highest BCUT2D eigenvalue weighted by Crippen LogP contribution is 2.21. The molecule has 1 heterocycles. The van der Waals surface area contributed by atoms with Crippen LogP contribution >= 0.6 is 11.8 Å². The fraction of sp³-hybridized carbons (Fsp3) is 0.333. The van der Waals surface area contributed by atoms with Crippen molar-refractivity contribution in [3.8, 4) is 11.4 Å². The quantitative estimate of drug-likeness (QED) is 0.825. The molecular formula is C12H14N2O2S. The Balaban J connectivity index is 2.10. The fourth-order valence-electron chi connectivity index (χ4n) is 1.47. The maximum absolute atomic E-state index is 8.68. The van der Waals surface area contributed by atoms with E-state index < -0.39 is 0 Å². The summed E-state index contributed by atoms with van der Waals surface area (Å²) in [5.41, 5.74) is 2.12. The molecule has 0 aliphatic carbocycles. The van der Waals surface area contributed by atoms with Gasteiger partial charge < -0.3 is 9.63 Å². The van der Waals surface area contributed by atoms with E-state index in [1.165, 1.54) is 0 Å². The van der Waals surface area contributed by atoms with Gasteiger partial charge in [-0.15, -0.1) is 11.8 Å². The number of hydrogen-bond acceptors (Lipinski definition) is 5. The zero-order chi connectivity index (χ0) is 12.1. The van der Waals surface area contributed by atoms with Crippen molar-refractivity contribution >= 4 is 11.8 Å². The van der Waals surface area contributed by atoms with Crippen LogP contribution in [-0.4, -0.2) is 27.6 Å². The first-order valence-corrected chi connectivity index (χ1v) is 6.54. The number of aliphatic hydroxyl groups is 1. The predicted octanol–water partition coefficient (Wildman–Crippen LogP) is 2.27. The molecule has 0 atom stereocenters. The molecule has 2 rings (SSSR count). The van der Waals surface area contributed by atoms with E-state index in [9.17, 15) is 0 Å². The van der Waals surface area contributed by atoms with Crippen LogP contribution in [0.5, 0.6) is 0 Å². The first kappa shape index (κ1) is 12.1. The molecule has 0 bridgehead atoms. The van der Waals surface area contributed by atoms with Crippen LogP contribution in [0.4, 0.5) is 0 Å². The zero-order valence-corrected chi connectivity index (χ0v) is 10.4. The van der Waals surface area contributed by atoms with Gasteiger partial charge in [-0.05, 0) is 12.5 Å². The number of benzene rings is 1. The third kappa shape index (κ3) is 3.08. The van der Waals surface area contributed by atoms with Crippen molar-refractivity contribution in [3.63, 3.8) is 0 Å². The van der Waals surface area contributed by atoms with Crippen molar-refractivity contribution < 1.29 is 9.63 Å². The summed E-state index contributed by atoms with van der Waals surface area (Å²) in [6.45, 7) is 2.19. The highest BCUT2D eigenvalue weighted by molar-refractivity contribution is 7.98. The van der Waals surface area contributed by atoms with Crippen molar-refractivity contribution in [1.29, 1.82) is 0 Å². The molecule has 0 fully saturated rings. The van der Waals surface area contributed by atoms with Gasteiger partial charge in [0.25, 0.3) is 0 Å². The highest BCUT2D eigenvalue weighted by Gasteiger charge is 2.09. The van der Waals surface area contributed by atoms with Crippen molar-refractivity contribution in [2.24, 2.45) is 0 Å². The lowest BCUT2D eigenvalue weighted by Crippen LogP contribution is -1.88. The standard InChI is InChI=1S/C12H14N2O2S/c1-9-4-2-3-5-10(9)12-13-11(16-14-12)8-17-7-6-15/h2-5,15H,6-8H2,1H3. The molecule has 5 heteroatoms. The first-order chi connectivity index (χ1) is 8.31. The monoisotopic (exact) mass is 250 g/mol. The van der Waals surface area contributed by atoms with Gasteiger partial charge in [0.1, 0.15) is 0 Å². The normalized spacial score (nSPS) is 10.7. The minimum atomic E-state index is 0.170. The molecule has 17 heavy (non-hydrogen) atoms. The third-order valence-corrected chi connectivity index (χ3v) is 3.24. The lowest BCUT2D eigenvalue weighted by Gasteiger charge is -1.98. The Bertz CT molecular complexity index is 485. The summed E-state index contributed by atoms with van der Waals surface area (Å²) in [6.07, 6.45) is 0. The fourth-order valence-corrected chi connectivity index (χ4v) is 2.04. The van der Waals surface area contributed by atoms with Crippen LogP contribution in [0.25, 0.3) is 11.4 Å². The van der Waals surface area contributed by atoms with Crippen LogP contribution in [-0.2, 0) is 5.75 Å². The van der Waals surface area contributed by atoms with Crippen LogP contribution in [0.2, 0.25) is 0 Å². The van der Waals surface area contributed by atoms with E-state index in [4.69, 9.17) is 9.63 Å². The van der Waals surface area contributed by atoms with Crippen molar-refractivity contribution in [2.45, 2.75) is 12.7 Å². The summed E-state index contributed by atoms with van der Waals surface area (Å²) < 4.78 is 5.16. The number of aliphatic hydroxyl groups excluding tert-OH is 1. The minimum absolute atomic E-state index is 0.170. The van der Waals surface area contributed by atoms with E-state index in [1.54, 1.807) is 11.8 Å². The lowest BCUT2D eigenvalue weighted by molar-refractivity contribution is 0.322. The lowest BCUT2D eigenvalue weighted by atomic mass is 10.1. The van der Waals surface area contributed by atoms with Gasteiger partial charge in [-0.3, -0.25) is 0 Å². The molecule has 4 nitrogen and oxygen atoms in total. The largest absolute Gasteiger partial charge is 0.396 e. The summed E-state index contributed by atoms with van der Waals surface area (Å²) in [5.74, 6) is 2.55. The van der Waals surface area contributed by atoms with Crippen LogP contribution in [0.15, 0.2) is 28.8 Å². The second-order valence-corrected chi connectivity index (χ2v) is 4.71. The van der Waals surface area contributed by atoms with Crippen molar-refractivity contribution in [2.75, 3.05) is 12.4 Å². The second-order valence-electron chi connectivity index (χ2n) is 3.60. The number of aromatic nitrogens is 2. The van der Waals surface area contributed by atoms with Gasteiger partial charge in [0.2, 0.25) is 11.7 Å². The Morgan fingerprint density at radius 1 is 1.35 bits per heavy atom. The number of nitrogens with zero attached hydrogens (tertiary/aromatic N) is 2. The van der Waals surface area contributed by atoms with Gasteiger partial charge in [0, 0.05) is 11.3 Å². The van der Waals surface area contributed by atoms with Crippen LogP contribution < -0.4 is 0 Å². The number of hydrogen-bond donors (Lipinski definition) is 1. The molecule has 0 unspecified atom stereocenters. The number of rotatable bonds is 5. The van der Waals surface area contributed by atoms with E-state index >= 15 is 0 Å². The molecule has 0 saturated heterocycles. The van der Waals surface area contributed by atoms with Crippen LogP contribution in [0.1, 0.15) is 11.5 Å². The average molecular weight is 250 g/mol. The Labute approximate surface area is 104 Å². The summed E-state index contributed by atoms with van der Waals surface area (Å²) in [5, 5.41) is 12.6. The maximum Gasteiger partial charge on any atom is 0.236 e. The minimum Gasteiger partial charge on any atom is -0.396 e. The molecular weight excluding hydrogens is 236 g/mol. The van der Waals surface area contributed by atoms with E-state index in [2.05, 4.69) is 10.1 Å². The molecule has 90 valence electrons. The van der Waals surface area contributed by atoms with E-state index in [0.29, 0.717) is 23.2 Å². The van der Waals surface area contributed by atoms with E-state index in [-0.39, 0.29) is 6.61 Å². The van der Waals surface area contributed by atoms with Crippen molar-refractivity contribution in [3.05, 3.63) is 35.7 Å². The van der Waals surface area contributed by atoms with Gasteiger partial charge >= 0.3 is 0 Å². The van der Waals surface area contributed by atoms with Crippen LogP contribution in [0.3, 0.4) is 0 Å². The maximum atomic E-state index is 8.68. The third-order valence-electron chi connectivity index (χ3n) is 2.32. The summed E-state index contributed by atoms with van der Waals surface area (Å²) in [4.78, 5) is 4.33. The molecule has 2 aromatic rings. The molecule has 1 aromatic carbocycles. The molecule has 0 aliphatic rings. The Hall–Kier alpha value is -1.33. The number of aryl methyl sites for hydroxylation is 1.